The smallest absolute Gasteiger partial charge is 0.0781 e. The molecule has 0 atom stereocenters. The van der Waals surface area contributed by atoms with E-state index >= 15 is 0 Å². The molecule has 0 saturated carbocycles. The summed E-state index contributed by atoms with van der Waals surface area (Å²) < 4.78 is 0. The summed E-state index contributed by atoms with van der Waals surface area (Å²) in [6, 6.07) is 117. The Bertz CT molecular complexity index is 3600. The van der Waals surface area contributed by atoms with Gasteiger partial charge in [0.2, 0.25) is 0 Å². The molecule has 0 aromatic heterocycles. The number of hydrogen-bond acceptors (Lipinski definition) is 6. The molecule has 0 heterocycles. The van der Waals surface area contributed by atoms with Gasteiger partial charge in [0.25, 0.3) is 0 Å². The van der Waals surface area contributed by atoms with Crippen LogP contribution >= 0.6 is 0 Å². The van der Waals surface area contributed by atoms with Gasteiger partial charge in [-0.1, -0.05) is 152 Å². The predicted molar refractivity (Wildman–Crippen MR) is 333 cm³/mol. The Morgan fingerprint density at radius 2 is 0.392 bits per heavy atom. The first-order valence-corrected chi connectivity index (χ1v) is 26.6. The van der Waals surface area contributed by atoms with Crippen molar-refractivity contribution in [3.63, 3.8) is 0 Å². The van der Waals surface area contributed by atoms with Crippen molar-refractivity contribution >= 4 is 91.0 Å². The van der Waals surface area contributed by atoms with Crippen LogP contribution in [0.4, 0.5) is 85.3 Å². The van der Waals surface area contributed by atoms with Crippen LogP contribution in [0.1, 0.15) is 11.1 Å². The molecule has 0 aliphatic carbocycles. The average molecular weight is 1020 g/mol. The summed E-state index contributed by atoms with van der Waals surface area (Å²) in [5.41, 5.74) is 18.5. The molecule has 0 amide bonds. The number of benzene rings is 12. The number of hydrogen-bond donors (Lipinski definition) is 1. The van der Waals surface area contributed by atoms with Gasteiger partial charge in [-0.05, 0) is 182 Å². The van der Waals surface area contributed by atoms with E-state index in [1.54, 1.807) is 0 Å². The van der Waals surface area contributed by atoms with Crippen LogP contribution in [0.25, 0.3) is 0 Å². The number of nitrogens with one attached hydrogen (secondary N) is 1. The van der Waals surface area contributed by atoms with E-state index in [-0.39, 0.29) is 0 Å². The van der Waals surface area contributed by atoms with Gasteiger partial charge in [-0.2, -0.15) is 0 Å². The minimum Gasteiger partial charge on any atom is -0.356 e. The van der Waals surface area contributed by atoms with Crippen molar-refractivity contribution in [2.75, 3.05) is 24.9 Å². The first kappa shape index (κ1) is 49.2. The molecule has 0 fully saturated rings. The van der Waals surface area contributed by atoms with Crippen LogP contribution in [0.5, 0.6) is 0 Å². The highest BCUT2D eigenvalue weighted by atomic mass is 15.2. The molecule has 378 valence electrons. The molecule has 0 bridgehead atoms. The molecule has 0 aliphatic rings. The summed E-state index contributed by atoms with van der Waals surface area (Å²) in [6.07, 6.45) is 0. The molecule has 6 heteroatoms. The Kier molecular flexibility index (Phi) is 14.6. The molecule has 12 aromatic carbocycles. The fraction of sp³-hybridized carbons (Fsp3) is 0. The van der Waals surface area contributed by atoms with Gasteiger partial charge in [-0.25, -0.2) is 4.99 Å². The lowest BCUT2D eigenvalue weighted by Crippen LogP contribution is -2.13. The highest BCUT2D eigenvalue weighted by Gasteiger charge is 2.19. The number of anilines is 14. The van der Waals surface area contributed by atoms with Gasteiger partial charge in [-0.3, -0.25) is 0 Å². The first-order valence-electron chi connectivity index (χ1n) is 26.6. The standard InChI is InChI=1S/C73H56N6/c1-8-22-58(23-9-1)75-73(56-36-40-59(41-37-56)74-60-42-46-68(47-43-60)76(61-24-10-2-11-25-61)62-26-12-3-13-27-62)57-38-44-67(45-39-57)79(71-52-48-69(49-53-71)77(63-28-14-4-15-29-63)64-30-16-5-17-31-64)72-54-50-70(51-55-72)78(65-32-18-6-19-33-65)66-34-20-7-21-35-66/h1-55,74H/b75-73+. The molecule has 0 saturated heterocycles. The lowest BCUT2D eigenvalue weighted by Gasteiger charge is -2.29. The Labute approximate surface area is 463 Å². The third-order valence-electron chi connectivity index (χ3n) is 13.8. The molecule has 0 spiro atoms. The Morgan fingerprint density at radius 1 is 0.203 bits per heavy atom. The molecule has 0 unspecified atom stereocenters. The molecule has 6 nitrogen and oxygen atoms in total. The van der Waals surface area contributed by atoms with E-state index in [0.29, 0.717) is 0 Å². The minimum atomic E-state index is 0.875. The first-order chi connectivity index (χ1) is 39.2. The Hall–Kier alpha value is -10.7. The van der Waals surface area contributed by atoms with Crippen molar-refractivity contribution in [1.82, 2.24) is 0 Å². The van der Waals surface area contributed by atoms with Crippen molar-refractivity contribution < 1.29 is 0 Å². The van der Waals surface area contributed by atoms with E-state index in [1.807, 2.05) is 42.5 Å². The largest absolute Gasteiger partial charge is 0.356 e. The quantitative estimate of drug-likeness (QED) is 0.0920. The Balaban J connectivity index is 0.870. The highest BCUT2D eigenvalue weighted by Crippen LogP contribution is 2.42. The van der Waals surface area contributed by atoms with Crippen LogP contribution in [0, 0.1) is 0 Å². The summed E-state index contributed by atoms with van der Waals surface area (Å²) in [7, 11) is 0. The maximum absolute atomic E-state index is 5.30. The lowest BCUT2D eigenvalue weighted by molar-refractivity contribution is 1.24. The molecule has 79 heavy (non-hydrogen) atoms. The molecule has 1 N–H and O–H groups in total. The van der Waals surface area contributed by atoms with E-state index in [0.717, 1.165) is 102 Å². The zero-order chi connectivity index (χ0) is 53.0. The second kappa shape index (κ2) is 23.5. The number of nitrogens with zero attached hydrogens (tertiary/aromatic N) is 5. The van der Waals surface area contributed by atoms with Gasteiger partial charge in [-0.15, -0.1) is 0 Å². The van der Waals surface area contributed by atoms with Crippen molar-refractivity contribution in [3.05, 3.63) is 345 Å². The number of aliphatic imine (C=N–C) groups is 1. The van der Waals surface area contributed by atoms with E-state index in [9.17, 15) is 0 Å². The SMILES string of the molecule is c1ccc(/N=C(\c2ccc(Nc3ccc(N(c4ccccc4)c4ccccc4)cc3)cc2)c2ccc(N(c3ccc(N(c4ccccc4)c4ccccc4)cc3)c3ccc(N(c4ccccc4)c4ccccc4)cc3)cc2)cc1. The van der Waals surface area contributed by atoms with Gasteiger partial charge in [0.05, 0.1) is 11.4 Å². The predicted octanol–water partition coefficient (Wildman–Crippen LogP) is 20.5. The van der Waals surface area contributed by atoms with Gasteiger partial charge in [0.1, 0.15) is 0 Å². The van der Waals surface area contributed by atoms with Crippen molar-refractivity contribution in [3.8, 4) is 0 Å². The van der Waals surface area contributed by atoms with Crippen LogP contribution in [-0.4, -0.2) is 5.71 Å². The topological polar surface area (TPSA) is 37.4 Å². The molecular weight excluding hydrogens is 961 g/mol. The number of rotatable bonds is 17. The van der Waals surface area contributed by atoms with Crippen molar-refractivity contribution in [2.24, 2.45) is 4.99 Å². The van der Waals surface area contributed by atoms with Crippen LogP contribution in [0.3, 0.4) is 0 Å². The summed E-state index contributed by atoms with van der Waals surface area (Å²) in [5, 5.41) is 3.64. The van der Waals surface area contributed by atoms with Crippen LogP contribution in [-0.2, 0) is 0 Å². The van der Waals surface area contributed by atoms with Crippen LogP contribution in [0.2, 0.25) is 0 Å². The maximum atomic E-state index is 5.30. The van der Waals surface area contributed by atoms with Crippen LogP contribution < -0.4 is 24.9 Å². The summed E-state index contributed by atoms with van der Waals surface area (Å²) in [6.45, 7) is 0. The summed E-state index contributed by atoms with van der Waals surface area (Å²) in [4.78, 5) is 14.5. The van der Waals surface area contributed by atoms with Gasteiger partial charge in [0, 0.05) is 90.8 Å². The van der Waals surface area contributed by atoms with E-state index in [4.69, 9.17) is 4.99 Å². The van der Waals surface area contributed by atoms with Gasteiger partial charge in [0.15, 0.2) is 0 Å². The summed E-state index contributed by atoms with van der Waals surface area (Å²) in [5.74, 6) is 0. The fourth-order valence-electron chi connectivity index (χ4n) is 10.0. The lowest BCUT2D eigenvalue weighted by atomic mass is 10.0. The third-order valence-corrected chi connectivity index (χ3v) is 13.8. The van der Waals surface area contributed by atoms with Crippen LogP contribution in [0.15, 0.2) is 339 Å². The monoisotopic (exact) mass is 1020 g/mol. The molecule has 12 rings (SSSR count). The van der Waals surface area contributed by atoms with Gasteiger partial charge >= 0.3 is 0 Å². The summed E-state index contributed by atoms with van der Waals surface area (Å²) >= 11 is 0. The van der Waals surface area contributed by atoms with Gasteiger partial charge < -0.3 is 24.9 Å². The Morgan fingerprint density at radius 3 is 0.658 bits per heavy atom. The van der Waals surface area contributed by atoms with Crippen molar-refractivity contribution in [2.45, 2.75) is 0 Å². The molecule has 0 radical (unpaired) electrons. The van der Waals surface area contributed by atoms with Crippen molar-refractivity contribution in [1.29, 1.82) is 0 Å². The minimum absolute atomic E-state index is 0.875. The molecular formula is C73H56N6. The fourth-order valence-corrected chi connectivity index (χ4v) is 10.0. The zero-order valence-electron chi connectivity index (χ0n) is 43.5. The third kappa shape index (κ3) is 11.3. The van der Waals surface area contributed by atoms with E-state index in [2.05, 4.69) is 316 Å². The second-order valence-corrected chi connectivity index (χ2v) is 19.0. The second-order valence-electron chi connectivity index (χ2n) is 19.0. The molecule has 12 aromatic rings. The van der Waals surface area contributed by atoms with E-state index in [1.165, 1.54) is 0 Å². The maximum Gasteiger partial charge on any atom is 0.0781 e. The number of para-hydroxylation sites is 7. The molecule has 0 aliphatic heterocycles. The van der Waals surface area contributed by atoms with E-state index < -0.39 is 0 Å². The highest BCUT2D eigenvalue weighted by molar-refractivity contribution is 6.14. The average Bonchev–Trinajstić information content (AvgIpc) is 3.53. The normalized spacial score (nSPS) is 11.1. The zero-order valence-corrected chi connectivity index (χ0v) is 43.5.